The number of carboxylic acids is 1. The lowest BCUT2D eigenvalue weighted by Gasteiger charge is -2.02. The molecule has 0 fully saturated rings. The molecule has 3 aromatic carbocycles. The number of nitrogens with zero attached hydrogens (tertiary/aromatic N) is 1. The molecule has 24 heavy (non-hydrogen) atoms. The Balaban J connectivity index is 1.71. The molecule has 4 heteroatoms. The van der Waals surface area contributed by atoms with Crippen molar-refractivity contribution in [2.75, 3.05) is 0 Å². The molecule has 0 aliphatic rings. The van der Waals surface area contributed by atoms with Crippen molar-refractivity contribution in [1.82, 2.24) is 4.98 Å². The highest BCUT2D eigenvalue weighted by Crippen LogP contribution is 2.27. The van der Waals surface area contributed by atoms with Crippen LogP contribution in [0.3, 0.4) is 0 Å². The molecular formula is C20H13NO3. The van der Waals surface area contributed by atoms with Crippen LogP contribution in [0.2, 0.25) is 0 Å². The van der Waals surface area contributed by atoms with Crippen LogP contribution in [-0.2, 0) is 0 Å². The van der Waals surface area contributed by atoms with Crippen molar-refractivity contribution >= 4 is 17.1 Å². The number of aromatic nitrogens is 1. The van der Waals surface area contributed by atoms with E-state index in [4.69, 9.17) is 9.52 Å². The fourth-order valence-corrected chi connectivity index (χ4v) is 2.62. The molecule has 1 heterocycles. The molecule has 1 N–H and O–H groups in total. The third-order valence-corrected chi connectivity index (χ3v) is 3.87. The van der Waals surface area contributed by atoms with E-state index in [1.54, 1.807) is 6.07 Å². The third-order valence-electron chi connectivity index (χ3n) is 3.87. The van der Waals surface area contributed by atoms with Gasteiger partial charge in [-0.1, -0.05) is 42.5 Å². The summed E-state index contributed by atoms with van der Waals surface area (Å²) in [6.07, 6.45) is 0. The fraction of sp³-hybridized carbons (Fsp3) is 0. The van der Waals surface area contributed by atoms with Crippen LogP contribution in [0.15, 0.2) is 77.2 Å². The van der Waals surface area contributed by atoms with Crippen LogP contribution in [0.1, 0.15) is 10.4 Å². The number of benzene rings is 3. The largest absolute Gasteiger partial charge is 0.478 e. The Morgan fingerprint density at radius 2 is 1.50 bits per heavy atom. The first-order chi connectivity index (χ1) is 11.7. The van der Waals surface area contributed by atoms with Crippen molar-refractivity contribution in [2.45, 2.75) is 0 Å². The van der Waals surface area contributed by atoms with E-state index in [-0.39, 0.29) is 5.56 Å². The van der Waals surface area contributed by atoms with Gasteiger partial charge in [-0.2, -0.15) is 0 Å². The van der Waals surface area contributed by atoms with Gasteiger partial charge in [-0.05, 0) is 41.5 Å². The van der Waals surface area contributed by atoms with Crippen molar-refractivity contribution in [1.29, 1.82) is 0 Å². The SMILES string of the molecule is O=C(O)c1ccc2nc(-c3ccc(-c4ccccc4)cc3)oc2c1. The molecule has 4 nitrogen and oxygen atoms in total. The standard InChI is InChI=1S/C20H13NO3/c22-20(23)16-10-11-17-18(12-16)24-19(21-17)15-8-6-14(7-9-15)13-4-2-1-3-5-13/h1-12H,(H,22,23). The van der Waals surface area contributed by atoms with Crippen LogP contribution in [0, 0.1) is 0 Å². The maximum atomic E-state index is 11.0. The molecule has 0 aliphatic heterocycles. The Labute approximate surface area is 138 Å². The Morgan fingerprint density at radius 3 is 2.21 bits per heavy atom. The second-order valence-electron chi connectivity index (χ2n) is 5.45. The van der Waals surface area contributed by atoms with E-state index in [0.29, 0.717) is 17.0 Å². The average molecular weight is 315 g/mol. The lowest BCUT2D eigenvalue weighted by Crippen LogP contribution is -1.94. The van der Waals surface area contributed by atoms with Gasteiger partial charge in [0.05, 0.1) is 5.56 Å². The molecule has 0 spiro atoms. The normalized spacial score (nSPS) is 10.8. The number of carboxylic acid groups (broad SMARTS) is 1. The van der Waals surface area contributed by atoms with E-state index in [1.807, 2.05) is 42.5 Å². The van der Waals surface area contributed by atoms with Gasteiger partial charge in [-0.3, -0.25) is 0 Å². The second-order valence-corrected chi connectivity index (χ2v) is 5.45. The van der Waals surface area contributed by atoms with Crippen molar-refractivity contribution < 1.29 is 14.3 Å². The number of oxazole rings is 1. The van der Waals surface area contributed by atoms with Crippen molar-refractivity contribution in [3.63, 3.8) is 0 Å². The molecular weight excluding hydrogens is 302 g/mol. The topological polar surface area (TPSA) is 63.3 Å². The molecule has 4 aromatic rings. The molecule has 0 amide bonds. The van der Waals surface area contributed by atoms with Gasteiger partial charge in [0, 0.05) is 5.56 Å². The predicted molar refractivity (Wildman–Crippen MR) is 91.8 cm³/mol. The summed E-state index contributed by atoms with van der Waals surface area (Å²) in [7, 11) is 0. The number of hydrogen-bond donors (Lipinski definition) is 1. The molecule has 0 saturated heterocycles. The van der Waals surface area contributed by atoms with Gasteiger partial charge in [0.1, 0.15) is 5.52 Å². The number of aromatic carboxylic acids is 1. The highest BCUT2D eigenvalue weighted by molar-refractivity contribution is 5.92. The molecule has 0 saturated carbocycles. The number of carbonyl (C=O) groups is 1. The van der Waals surface area contributed by atoms with Gasteiger partial charge in [-0.25, -0.2) is 9.78 Å². The van der Waals surface area contributed by atoms with Gasteiger partial charge in [0.2, 0.25) is 5.89 Å². The highest BCUT2D eigenvalue weighted by Gasteiger charge is 2.11. The summed E-state index contributed by atoms with van der Waals surface area (Å²) in [5.41, 5.74) is 4.41. The van der Waals surface area contributed by atoms with Gasteiger partial charge in [0.25, 0.3) is 0 Å². The van der Waals surface area contributed by atoms with Gasteiger partial charge in [-0.15, -0.1) is 0 Å². The summed E-state index contributed by atoms with van der Waals surface area (Å²) in [5.74, 6) is -0.505. The Hall–Kier alpha value is -3.40. The quantitative estimate of drug-likeness (QED) is 0.586. The smallest absolute Gasteiger partial charge is 0.335 e. The highest BCUT2D eigenvalue weighted by atomic mass is 16.4. The lowest BCUT2D eigenvalue weighted by atomic mass is 10.0. The zero-order valence-electron chi connectivity index (χ0n) is 12.6. The zero-order chi connectivity index (χ0) is 16.5. The first-order valence-electron chi connectivity index (χ1n) is 7.50. The first kappa shape index (κ1) is 14.2. The molecule has 116 valence electrons. The minimum atomic E-state index is -0.984. The van der Waals surface area contributed by atoms with Crippen molar-refractivity contribution in [3.05, 3.63) is 78.4 Å². The summed E-state index contributed by atoms with van der Waals surface area (Å²) in [6.45, 7) is 0. The Kier molecular flexibility index (Phi) is 3.35. The Bertz CT molecular complexity index is 1020. The summed E-state index contributed by atoms with van der Waals surface area (Å²) in [5, 5.41) is 9.04. The van der Waals surface area contributed by atoms with E-state index in [9.17, 15) is 4.79 Å². The molecule has 0 radical (unpaired) electrons. The minimum absolute atomic E-state index is 0.185. The van der Waals surface area contributed by atoms with E-state index < -0.39 is 5.97 Å². The number of rotatable bonds is 3. The summed E-state index contributed by atoms with van der Waals surface area (Å²) in [4.78, 5) is 15.5. The van der Waals surface area contributed by atoms with Crippen LogP contribution < -0.4 is 0 Å². The monoisotopic (exact) mass is 315 g/mol. The lowest BCUT2D eigenvalue weighted by molar-refractivity contribution is 0.0697. The molecule has 0 unspecified atom stereocenters. The average Bonchev–Trinajstić information content (AvgIpc) is 3.06. The number of fused-ring (bicyclic) bond motifs is 1. The zero-order valence-corrected chi connectivity index (χ0v) is 12.6. The van der Waals surface area contributed by atoms with Crippen LogP contribution in [-0.4, -0.2) is 16.1 Å². The molecule has 4 rings (SSSR count). The van der Waals surface area contributed by atoms with Gasteiger partial charge < -0.3 is 9.52 Å². The van der Waals surface area contributed by atoms with E-state index in [0.717, 1.165) is 16.7 Å². The van der Waals surface area contributed by atoms with Crippen molar-refractivity contribution in [3.8, 4) is 22.6 Å². The maximum Gasteiger partial charge on any atom is 0.335 e. The Morgan fingerprint density at radius 1 is 0.833 bits per heavy atom. The van der Waals surface area contributed by atoms with Crippen molar-refractivity contribution in [2.24, 2.45) is 0 Å². The second kappa shape index (κ2) is 5.66. The van der Waals surface area contributed by atoms with Crippen LogP contribution in [0.4, 0.5) is 0 Å². The van der Waals surface area contributed by atoms with Crippen LogP contribution in [0.5, 0.6) is 0 Å². The fourth-order valence-electron chi connectivity index (χ4n) is 2.62. The summed E-state index contributed by atoms with van der Waals surface area (Å²) < 4.78 is 5.72. The molecule has 0 bridgehead atoms. The maximum absolute atomic E-state index is 11.0. The summed E-state index contributed by atoms with van der Waals surface area (Å²) in [6, 6.07) is 22.7. The molecule has 0 atom stereocenters. The van der Waals surface area contributed by atoms with Gasteiger partial charge in [0.15, 0.2) is 5.58 Å². The minimum Gasteiger partial charge on any atom is -0.478 e. The molecule has 0 aliphatic carbocycles. The number of hydrogen-bond acceptors (Lipinski definition) is 3. The first-order valence-corrected chi connectivity index (χ1v) is 7.50. The molecule has 1 aromatic heterocycles. The van der Waals surface area contributed by atoms with E-state index in [1.165, 1.54) is 12.1 Å². The van der Waals surface area contributed by atoms with Crippen LogP contribution >= 0.6 is 0 Å². The van der Waals surface area contributed by atoms with E-state index >= 15 is 0 Å². The summed E-state index contributed by atoms with van der Waals surface area (Å²) >= 11 is 0. The van der Waals surface area contributed by atoms with Gasteiger partial charge >= 0.3 is 5.97 Å². The third kappa shape index (κ3) is 2.54. The van der Waals surface area contributed by atoms with E-state index in [2.05, 4.69) is 17.1 Å². The van der Waals surface area contributed by atoms with Crippen LogP contribution in [0.25, 0.3) is 33.7 Å². The predicted octanol–water partition coefficient (Wildman–Crippen LogP) is 4.86.